The van der Waals surface area contributed by atoms with Crippen LogP contribution in [0.25, 0.3) is 0 Å². The molecule has 2 aromatic rings. The van der Waals surface area contributed by atoms with Gasteiger partial charge in [-0.25, -0.2) is 0 Å². The highest BCUT2D eigenvalue weighted by Crippen LogP contribution is 2.29. The van der Waals surface area contributed by atoms with E-state index in [0.717, 1.165) is 17.7 Å². The molecule has 1 heterocycles. The Labute approximate surface area is 180 Å². The van der Waals surface area contributed by atoms with Crippen LogP contribution in [0.15, 0.2) is 53.5 Å². The zero-order valence-electron chi connectivity index (χ0n) is 17.5. The number of carbonyl (C=O) groups excluding carboxylic acids is 1. The van der Waals surface area contributed by atoms with Crippen LogP contribution in [0.3, 0.4) is 0 Å². The topological polar surface area (TPSA) is 56.7 Å². The Kier molecular flexibility index (Phi) is 7.55. The van der Waals surface area contributed by atoms with Crippen LogP contribution < -0.4 is 10.6 Å². The number of guanidine groups is 1. The first-order valence-corrected chi connectivity index (χ1v) is 10.3. The number of nitrogens with zero attached hydrogens (tertiary/aromatic N) is 2. The third-order valence-electron chi connectivity index (χ3n) is 5.26. The van der Waals surface area contributed by atoms with Gasteiger partial charge in [0.15, 0.2) is 5.96 Å². The number of hydrogen-bond acceptors (Lipinski definition) is 2. The van der Waals surface area contributed by atoms with Crippen molar-refractivity contribution < 1.29 is 18.0 Å². The summed E-state index contributed by atoms with van der Waals surface area (Å²) in [6.45, 7) is 2.49. The van der Waals surface area contributed by atoms with Crippen LogP contribution in [0.4, 0.5) is 13.2 Å². The molecule has 0 radical (unpaired) electrons. The molecule has 0 spiro atoms. The molecule has 2 N–H and O–H groups in total. The summed E-state index contributed by atoms with van der Waals surface area (Å²) in [5.74, 6) is 0.746. The molecule has 0 saturated carbocycles. The van der Waals surface area contributed by atoms with E-state index in [1.54, 1.807) is 7.05 Å². The lowest BCUT2D eigenvalue weighted by Crippen LogP contribution is -2.39. The summed E-state index contributed by atoms with van der Waals surface area (Å²) in [7, 11) is 1.65. The van der Waals surface area contributed by atoms with Crippen LogP contribution in [0.5, 0.6) is 0 Å². The number of hydrogen-bond donors (Lipinski definition) is 2. The summed E-state index contributed by atoms with van der Waals surface area (Å²) in [6.07, 6.45) is -2.59. The van der Waals surface area contributed by atoms with Crippen LogP contribution in [0.1, 0.15) is 35.1 Å². The predicted molar refractivity (Wildman–Crippen MR) is 114 cm³/mol. The van der Waals surface area contributed by atoms with Gasteiger partial charge in [-0.05, 0) is 41.7 Å². The fourth-order valence-electron chi connectivity index (χ4n) is 3.52. The molecule has 1 amide bonds. The Bertz CT molecular complexity index is 885. The van der Waals surface area contributed by atoms with Gasteiger partial charge in [0.05, 0.1) is 5.56 Å². The molecule has 0 atom stereocenters. The van der Waals surface area contributed by atoms with E-state index in [4.69, 9.17) is 0 Å². The Morgan fingerprint density at radius 1 is 1.00 bits per heavy atom. The van der Waals surface area contributed by atoms with Crippen LogP contribution in [-0.2, 0) is 30.5 Å². The van der Waals surface area contributed by atoms with E-state index in [-0.39, 0.29) is 5.91 Å². The highest BCUT2D eigenvalue weighted by molar-refractivity contribution is 5.80. The summed E-state index contributed by atoms with van der Waals surface area (Å²) in [6, 6.07) is 13.3. The molecule has 0 aromatic heterocycles. The van der Waals surface area contributed by atoms with Gasteiger partial charge in [-0.2, -0.15) is 13.2 Å². The maximum absolute atomic E-state index is 12.6. The minimum atomic E-state index is -4.32. The first-order chi connectivity index (χ1) is 14.9. The molecule has 0 unspecified atom stereocenters. The lowest BCUT2D eigenvalue weighted by molar-refractivity contribution is -0.137. The number of rotatable bonds is 7. The van der Waals surface area contributed by atoms with E-state index >= 15 is 0 Å². The Balaban J connectivity index is 1.32. The minimum Gasteiger partial charge on any atom is -0.356 e. The summed E-state index contributed by atoms with van der Waals surface area (Å²) >= 11 is 0. The monoisotopic (exact) mass is 432 g/mol. The summed E-state index contributed by atoms with van der Waals surface area (Å²) in [5, 5.41) is 6.31. The van der Waals surface area contributed by atoms with Gasteiger partial charge in [0.1, 0.15) is 0 Å². The van der Waals surface area contributed by atoms with Crippen molar-refractivity contribution in [2.45, 2.75) is 38.5 Å². The number of halogens is 3. The Morgan fingerprint density at radius 2 is 1.61 bits per heavy atom. The van der Waals surface area contributed by atoms with Gasteiger partial charge in [0.25, 0.3) is 0 Å². The molecule has 0 fully saturated rings. The fourth-order valence-corrected chi connectivity index (χ4v) is 3.52. The maximum atomic E-state index is 12.6. The van der Waals surface area contributed by atoms with E-state index in [0.29, 0.717) is 51.4 Å². The van der Waals surface area contributed by atoms with Crippen molar-refractivity contribution in [1.29, 1.82) is 0 Å². The van der Waals surface area contributed by atoms with Crippen LogP contribution in [-0.4, -0.2) is 36.9 Å². The molecule has 0 bridgehead atoms. The predicted octanol–water partition coefficient (Wildman–Crippen LogP) is 3.74. The largest absolute Gasteiger partial charge is 0.416 e. The van der Waals surface area contributed by atoms with Crippen LogP contribution >= 0.6 is 0 Å². The lowest BCUT2D eigenvalue weighted by atomic mass is 10.1. The molecule has 166 valence electrons. The Morgan fingerprint density at radius 3 is 2.19 bits per heavy atom. The zero-order valence-corrected chi connectivity index (χ0v) is 17.5. The second-order valence-corrected chi connectivity index (χ2v) is 7.49. The number of fused-ring (bicyclic) bond motifs is 1. The molecule has 0 saturated heterocycles. The summed E-state index contributed by atoms with van der Waals surface area (Å²) < 4.78 is 37.8. The third kappa shape index (κ3) is 6.47. The van der Waals surface area contributed by atoms with Gasteiger partial charge in [0.2, 0.25) is 5.91 Å². The normalized spacial score (nSPS) is 13.8. The number of alkyl halides is 3. The van der Waals surface area contributed by atoms with Crippen molar-refractivity contribution in [3.05, 3.63) is 70.8 Å². The number of aliphatic imine (C=N–C) groups is 1. The third-order valence-corrected chi connectivity index (χ3v) is 5.26. The molecular weight excluding hydrogens is 405 g/mol. The van der Waals surface area contributed by atoms with Crippen molar-refractivity contribution >= 4 is 11.9 Å². The highest BCUT2D eigenvalue weighted by atomic mass is 19.4. The molecule has 0 aliphatic carbocycles. The average molecular weight is 432 g/mol. The maximum Gasteiger partial charge on any atom is 0.416 e. The van der Waals surface area contributed by atoms with Gasteiger partial charge in [-0.15, -0.1) is 0 Å². The molecule has 31 heavy (non-hydrogen) atoms. The van der Waals surface area contributed by atoms with E-state index in [2.05, 4.69) is 27.8 Å². The van der Waals surface area contributed by atoms with Gasteiger partial charge in [-0.1, -0.05) is 36.4 Å². The van der Waals surface area contributed by atoms with Gasteiger partial charge in [0, 0.05) is 39.6 Å². The van der Waals surface area contributed by atoms with Crippen molar-refractivity contribution in [2.24, 2.45) is 4.99 Å². The fraction of sp³-hybridized carbons (Fsp3) is 0.391. The quantitative estimate of drug-likeness (QED) is 0.398. The SMILES string of the molecule is CN=C(NCCCC(=O)N1Cc2ccccc2C1)NCCc1ccc(C(F)(F)F)cc1. The first-order valence-electron chi connectivity index (χ1n) is 10.3. The first kappa shape index (κ1) is 22.7. The highest BCUT2D eigenvalue weighted by Gasteiger charge is 2.29. The van der Waals surface area contributed by atoms with E-state index in [9.17, 15) is 18.0 Å². The van der Waals surface area contributed by atoms with Gasteiger partial charge >= 0.3 is 6.18 Å². The smallest absolute Gasteiger partial charge is 0.356 e. The van der Waals surface area contributed by atoms with E-state index in [1.807, 2.05) is 17.0 Å². The molecule has 3 rings (SSSR count). The van der Waals surface area contributed by atoms with Crippen LogP contribution in [0, 0.1) is 0 Å². The average Bonchev–Trinajstić information content (AvgIpc) is 3.19. The van der Waals surface area contributed by atoms with Crippen molar-refractivity contribution in [1.82, 2.24) is 15.5 Å². The second kappa shape index (κ2) is 10.3. The Hall–Kier alpha value is -3.03. The minimum absolute atomic E-state index is 0.142. The summed E-state index contributed by atoms with van der Waals surface area (Å²) in [4.78, 5) is 18.4. The van der Waals surface area contributed by atoms with E-state index in [1.165, 1.54) is 23.3 Å². The molecule has 8 heteroatoms. The van der Waals surface area contributed by atoms with Gasteiger partial charge in [-0.3, -0.25) is 9.79 Å². The van der Waals surface area contributed by atoms with Crippen molar-refractivity contribution in [3.8, 4) is 0 Å². The van der Waals surface area contributed by atoms with Crippen molar-refractivity contribution in [3.63, 3.8) is 0 Å². The summed E-state index contributed by atoms with van der Waals surface area (Å²) in [5.41, 5.74) is 2.60. The number of amides is 1. The molecule has 5 nitrogen and oxygen atoms in total. The molecular formula is C23H27F3N4O. The van der Waals surface area contributed by atoms with Crippen molar-refractivity contribution in [2.75, 3.05) is 20.1 Å². The van der Waals surface area contributed by atoms with E-state index < -0.39 is 11.7 Å². The number of nitrogens with one attached hydrogen (secondary N) is 2. The second-order valence-electron chi connectivity index (χ2n) is 7.49. The lowest BCUT2D eigenvalue weighted by Gasteiger charge is -2.16. The standard InChI is InChI=1S/C23H27F3N4O/c1-27-22(29-14-12-17-8-10-20(11-9-17)23(24,25)26)28-13-4-7-21(31)30-15-18-5-2-3-6-19(18)16-30/h2-3,5-6,8-11H,4,7,12-16H2,1H3,(H2,27,28,29). The zero-order chi connectivity index (χ0) is 22.3. The van der Waals surface area contributed by atoms with Gasteiger partial charge < -0.3 is 15.5 Å². The number of carbonyl (C=O) groups is 1. The molecule has 1 aliphatic rings. The molecule has 2 aromatic carbocycles. The van der Waals surface area contributed by atoms with Crippen LogP contribution in [0.2, 0.25) is 0 Å². The number of benzene rings is 2. The molecule has 1 aliphatic heterocycles.